The maximum absolute atomic E-state index is 11.8. The van der Waals surface area contributed by atoms with Crippen molar-refractivity contribution in [2.75, 3.05) is 13.2 Å². The molecule has 0 bridgehead atoms. The summed E-state index contributed by atoms with van der Waals surface area (Å²) in [6, 6.07) is -0.390. The van der Waals surface area contributed by atoms with Gasteiger partial charge in [0.15, 0.2) is 0 Å². The van der Waals surface area contributed by atoms with E-state index in [1.807, 2.05) is 13.8 Å². The van der Waals surface area contributed by atoms with Crippen LogP contribution in [0.15, 0.2) is 0 Å². The molecule has 0 aliphatic rings. The van der Waals surface area contributed by atoms with Gasteiger partial charge in [0, 0.05) is 6.04 Å². The standard InChI is InChI=1S/C9H19F2NO2/c1-6(2)3-7(12)8(4-13)14-5-9(10)11/h6-9,13H,3-5,12H2,1-2H3. The second-order valence-electron chi connectivity index (χ2n) is 3.74. The smallest absolute Gasteiger partial charge is 0.261 e. The summed E-state index contributed by atoms with van der Waals surface area (Å²) >= 11 is 0. The molecule has 0 amide bonds. The molecule has 0 fully saturated rings. The van der Waals surface area contributed by atoms with Crippen LogP contribution in [0.5, 0.6) is 0 Å². The van der Waals surface area contributed by atoms with Crippen LogP contribution < -0.4 is 5.73 Å². The van der Waals surface area contributed by atoms with Crippen LogP contribution in [-0.2, 0) is 4.74 Å². The number of hydrogen-bond donors (Lipinski definition) is 2. The SMILES string of the molecule is CC(C)CC(N)C(CO)OCC(F)F. The van der Waals surface area contributed by atoms with Gasteiger partial charge in [-0.2, -0.15) is 0 Å². The molecular formula is C9H19F2NO2. The third-order valence-corrected chi connectivity index (χ3v) is 1.84. The predicted molar refractivity (Wildman–Crippen MR) is 50.3 cm³/mol. The van der Waals surface area contributed by atoms with Crippen LogP contribution in [0.1, 0.15) is 20.3 Å². The monoisotopic (exact) mass is 211 g/mol. The van der Waals surface area contributed by atoms with Gasteiger partial charge in [0.1, 0.15) is 6.61 Å². The Kier molecular flexibility index (Phi) is 6.96. The average Bonchev–Trinajstić information content (AvgIpc) is 2.03. The van der Waals surface area contributed by atoms with Gasteiger partial charge in [-0.05, 0) is 12.3 Å². The molecule has 3 N–H and O–H groups in total. The highest BCUT2D eigenvalue weighted by molar-refractivity contribution is 4.74. The number of nitrogens with two attached hydrogens (primary N) is 1. The first-order valence-corrected chi connectivity index (χ1v) is 4.73. The summed E-state index contributed by atoms with van der Waals surface area (Å²) in [5, 5.41) is 8.87. The van der Waals surface area contributed by atoms with Crippen molar-refractivity contribution in [1.29, 1.82) is 0 Å². The summed E-state index contributed by atoms with van der Waals surface area (Å²) in [6.07, 6.45) is -2.56. The summed E-state index contributed by atoms with van der Waals surface area (Å²) in [5.74, 6) is 0.356. The first kappa shape index (κ1) is 13.7. The molecule has 0 saturated carbocycles. The Morgan fingerprint density at radius 1 is 1.36 bits per heavy atom. The summed E-state index contributed by atoms with van der Waals surface area (Å²) in [7, 11) is 0. The van der Waals surface area contributed by atoms with E-state index in [1.165, 1.54) is 0 Å². The molecule has 0 spiro atoms. The van der Waals surface area contributed by atoms with E-state index in [0.29, 0.717) is 12.3 Å². The Bertz CT molecular complexity index is 145. The molecule has 0 rings (SSSR count). The Balaban J connectivity index is 3.86. The molecular weight excluding hydrogens is 192 g/mol. The lowest BCUT2D eigenvalue weighted by Gasteiger charge is -2.23. The summed E-state index contributed by atoms with van der Waals surface area (Å²) in [5.41, 5.74) is 5.69. The van der Waals surface area contributed by atoms with Crippen LogP contribution in [0, 0.1) is 5.92 Å². The van der Waals surface area contributed by atoms with Crippen molar-refractivity contribution in [2.24, 2.45) is 11.7 Å². The zero-order chi connectivity index (χ0) is 11.1. The second-order valence-corrected chi connectivity index (χ2v) is 3.74. The highest BCUT2D eigenvalue weighted by atomic mass is 19.3. The van der Waals surface area contributed by atoms with Gasteiger partial charge in [-0.3, -0.25) is 0 Å². The second kappa shape index (κ2) is 7.09. The number of aliphatic hydroxyl groups excluding tert-OH is 1. The van der Waals surface area contributed by atoms with E-state index in [0.717, 1.165) is 0 Å². The minimum Gasteiger partial charge on any atom is -0.394 e. The van der Waals surface area contributed by atoms with Crippen LogP contribution in [0.3, 0.4) is 0 Å². The fourth-order valence-corrected chi connectivity index (χ4v) is 1.20. The highest BCUT2D eigenvalue weighted by Crippen LogP contribution is 2.09. The Morgan fingerprint density at radius 3 is 2.29 bits per heavy atom. The highest BCUT2D eigenvalue weighted by Gasteiger charge is 2.20. The van der Waals surface area contributed by atoms with Crippen molar-refractivity contribution >= 4 is 0 Å². The maximum Gasteiger partial charge on any atom is 0.261 e. The van der Waals surface area contributed by atoms with E-state index in [1.54, 1.807) is 0 Å². The zero-order valence-corrected chi connectivity index (χ0v) is 8.62. The molecule has 0 heterocycles. The Labute approximate surface area is 83.2 Å². The largest absolute Gasteiger partial charge is 0.394 e. The van der Waals surface area contributed by atoms with E-state index in [4.69, 9.17) is 15.6 Å². The Hall–Kier alpha value is -0.260. The van der Waals surface area contributed by atoms with Crippen LogP contribution in [-0.4, -0.2) is 36.9 Å². The van der Waals surface area contributed by atoms with Crippen molar-refractivity contribution in [1.82, 2.24) is 0 Å². The van der Waals surface area contributed by atoms with Gasteiger partial charge >= 0.3 is 0 Å². The fraction of sp³-hybridized carbons (Fsp3) is 1.00. The van der Waals surface area contributed by atoms with Crippen molar-refractivity contribution in [2.45, 2.75) is 38.8 Å². The van der Waals surface area contributed by atoms with Crippen LogP contribution in [0.25, 0.3) is 0 Å². The summed E-state index contributed by atoms with van der Waals surface area (Å²) < 4.78 is 28.4. The maximum atomic E-state index is 11.8. The molecule has 0 aromatic heterocycles. The van der Waals surface area contributed by atoms with E-state index >= 15 is 0 Å². The van der Waals surface area contributed by atoms with Gasteiger partial charge < -0.3 is 15.6 Å². The molecule has 0 aliphatic heterocycles. The molecule has 14 heavy (non-hydrogen) atoms. The number of halogens is 2. The Morgan fingerprint density at radius 2 is 1.93 bits per heavy atom. The number of ether oxygens (including phenoxy) is 1. The average molecular weight is 211 g/mol. The molecule has 0 saturated heterocycles. The number of alkyl halides is 2. The molecule has 2 atom stereocenters. The minimum atomic E-state index is -2.52. The van der Waals surface area contributed by atoms with E-state index in [-0.39, 0.29) is 6.61 Å². The molecule has 3 nitrogen and oxygen atoms in total. The topological polar surface area (TPSA) is 55.5 Å². The first-order chi connectivity index (χ1) is 6.47. The van der Waals surface area contributed by atoms with Gasteiger partial charge in [-0.1, -0.05) is 13.8 Å². The minimum absolute atomic E-state index is 0.319. The number of rotatable bonds is 7. The molecule has 0 aromatic carbocycles. The molecule has 0 radical (unpaired) electrons. The fourth-order valence-electron chi connectivity index (χ4n) is 1.20. The van der Waals surface area contributed by atoms with E-state index < -0.39 is 25.2 Å². The lowest BCUT2D eigenvalue weighted by Crippen LogP contribution is -2.41. The van der Waals surface area contributed by atoms with Crippen molar-refractivity contribution in [3.8, 4) is 0 Å². The van der Waals surface area contributed by atoms with Crippen LogP contribution in [0.4, 0.5) is 8.78 Å². The van der Waals surface area contributed by atoms with Crippen LogP contribution >= 0.6 is 0 Å². The van der Waals surface area contributed by atoms with Gasteiger partial charge in [0.2, 0.25) is 0 Å². The summed E-state index contributed by atoms with van der Waals surface area (Å²) in [4.78, 5) is 0. The number of hydrogen-bond acceptors (Lipinski definition) is 3. The molecule has 0 aromatic rings. The van der Waals surface area contributed by atoms with Gasteiger partial charge in [-0.25, -0.2) is 8.78 Å². The lowest BCUT2D eigenvalue weighted by molar-refractivity contribution is -0.0549. The number of aliphatic hydroxyl groups is 1. The van der Waals surface area contributed by atoms with Crippen molar-refractivity contribution < 1.29 is 18.6 Å². The first-order valence-electron chi connectivity index (χ1n) is 4.73. The molecule has 0 aliphatic carbocycles. The van der Waals surface area contributed by atoms with E-state index in [2.05, 4.69) is 0 Å². The molecule has 5 heteroatoms. The lowest BCUT2D eigenvalue weighted by atomic mass is 10.0. The summed E-state index contributed by atoms with van der Waals surface area (Å²) in [6.45, 7) is 2.96. The van der Waals surface area contributed by atoms with Crippen LogP contribution in [0.2, 0.25) is 0 Å². The third kappa shape index (κ3) is 6.23. The normalized spacial score (nSPS) is 16.3. The quantitative estimate of drug-likeness (QED) is 0.660. The van der Waals surface area contributed by atoms with Gasteiger partial charge in [-0.15, -0.1) is 0 Å². The third-order valence-electron chi connectivity index (χ3n) is 1.84. The predicted octanol–water partition coefficient (Wildman–Crippen LogP) is 1.00. The van der Waals surface area contributed by atoms with Gasteiger partial charge in [0.05, 0.1) is 12.7 Å². The molecule has 2 unspecified atom stereocenters. The van der Waals surface area contributed by atoms with E-state index in [9.17, 15) is 8.78 Å². The van der Waals surface area contributed by atoms with Crippen molar-refractivity contribution in [3.05, 3.63) is 0 Å². The zero-order valence-electron chi connectivity index (χ0n) is 8.62. The molecule has 86 valence electrons. The van der Waals surface area contributed by atoms with Crippen molar-refractivity contribution in [3.63, 3.8) is 0 Å². The van der Waals surface area contributed by atoms with Gasteiger partial charge in [0.25, 0.3) is 6.43 Å².